The quantitative estimate of drug-likeness (QED) is 0.635. The summed E-state index contributed by atoms with van der Waals surface area (Å²) in [6.07, 6.45) is 5.91. The molecule has 2 rings (SSSR count). The Bertz CT molecular complexity index is 555. The van der Waals surface area contributed by atoms with Gasteiger partial charge in [-0.15, -0.1) is 0 Å². The largest absolute Gasteiger partial charge is 0.348 e. The van der Waals surface area contributed by atoms with E-state index < -0.39 is 11.8 Å². The molecule has 1 aromatic carbocycles. The molecule has 1 aliphatic carbocycles. The fourth-order valence-electron chi connectivity index (χ4n) is 3.57. The molecule has 0 spiro atoms. The van der Waals surface area contributed by atoms with E-state index in [0.29, 0.717) is 17.9 Å². The Labute approximate surface area is 151 Å². The normalized spacial score (nSPS) is 20.8. The summed E-state index contributed by atoms with van der Waals surface area (Å²) in [7, 11) is 0. The molecular weight excluding hydrogens is 312 g/mol. The average molecular weight is 344 g/mol. The van der Waals surface area contributed by atoms with Crippen LogP contribution in [0, 0.1) is 11.3 Å². The molecule has 0 radical (unpaired) electrons. The Hall–Kier alpha value is -1.84. The van der Waals surface area contributed by atoms with Crippen LogP contribution >= 0.6 is 0 Å². The summed E-state index contributed by atoms with van der Waals surface area (Å²) >= 11 is 0. The molecule has 0 saturated heterocycles. The molecular formula is C21H32N2O2. The number of nitrogens with one attached hydrogen (secondary N) is 2. The SMILES string of the molecule is CC(C)(C)C1CCC(NC(=O)C(=O)NCCCc2ccccc2)CC1. The third kappa shape index (κ3) is 6.52. The third-order valence-electron chi connectivity index (χ3n) is 5.26. The first-order chi connectivity index (χ1) is 11.9. The van der Waals surface area contributed by atoms with Gasteiger partial charge >= 0.3 is 11.8 Å². The Morgan fingerprint density at radius 2 is 1.64 bits per heavy atom. The Balaban J connectivity index is 1.63. The second-order valence-electron chi connectivity index (χ2n) is 8.23. The minimum Gasteiger partial charge on any atom is -0.348 e. The number of carbonyl (C=O) groups is 2. The first-order valence-electron chi connectivity index (χ1n) is 9.49. The van der Waals surface area contributed by atoms with Crippen LogP contribution in [0.2, 0.25) is 0 Å². The minimum atomic E-state index is -0.508. The lowest BCUT2D eigenvalue weighted by Gasteiger charge is -2.37. The highest BCUT2D eigenvalue weighted by Gasteiger charge is 2.30. The molecule has 0 unspecified atom stereocenters. The Kier molecular flexibility index (Phi) is 7.03. The zero-order valence-electron chi connectivity index (χ0n) is 15.8. The highest BCUT2D eigenvalue weighted by Crippen LogP contribution is 2.37. The molecule has 2 N–H and O–H groups in total. The van der Waals surface area contributed by atoms with Gasteiger partial charge in [-0.3, -0.25) is 9.59 Å². The van der Waals surface area contributed by atoms with E-state index in [2.05, 4.69) is 43.5 Å². The maximum Gasteiger partial charge on any atom is 0.309 e. The van der Waals surface area contributed by atoms with E-state index in [-0.39, 0.29) is 6.04 Å². The van der Waals surface area contributed by atoms with Crippen LogP contribution in [-0.2, 0) is 16.0 Å². The molecule has 0 aromatic heterocycles. The van der Waals surface area contributed by atoms with Gasteiger partial charge in [-0.2, -0.15) is 0 Å². The van der Waals surface area contributed by atoms with E-state index in [9.17, 15) is 9.59 Å². The maximum atomic E-state index is 12.0. The fraction of sp³-hybridized carbons (Fsp3) is 0.619. The maximum absolute atomic E-state index is 12.0. The fourth-order valence-corrected chi connectivity index (χ4v) is 3.57. The molecule has 1 aromatic rings. The average Bonchev–Trinajstić information content (AvgIpc) is 2.59. The monoisotopic (exact) mass is 344 g/mol. The van der Waals surface area contributed by atoms with Gasteiger partial charge < -0.3 is 10.6 Å². The number of carbonyl (C=O) groups excluding carboxylic acids is 2. The first-order valence-corrected chi connectivity index (χ1v) is 9.49. The van der Waals surface area contributed by atoms with Crippen molar-refractivity contribution >= 4 is 11.8 Å². The van der Waals surface area contributed by atoms with Crippen LogP contribution in [0.3, 0.4) is 0 Å². The predicted octanol–water partition coefficient (Wildman–Crippen LogP) is 3.46. The van der Waals surface area contributed by atoms with Crippen LogP contribution in [0.25, 0.3) is 0 Å². The van der Waals surface area contributed by atoms with Crippen molar-refractivity contribution in [2.24, 2.45) is 11.3 Å². The van der Waals surface area contributed by atoms with E-state index >= 15 is 0 Å². The zero-order chi connectivity index (χ0) is 18.3. The molecule has 4 nitrogen and oxygen atoms in total. The topological polar surface area (TPSA) is 58.2 Å². The van der Waals surface area contributed by atoms with E-state index in [0.717, 1.165) is 38.5 Å². The molecule has 25 heavy (non-hydrogen) atoms. The summed E-state index contributed by atoms with van der Waals surface area (Å²) in [5.74, 6) is -0.294. The summed E-state index contributed by atoms with van der Waals surface area (Å²) in [4.78, 5) is 24.0. The molecule has 2 amide bonds. The summed E-state index contributed by atoms with van der Waals surface area (Å²) in [6, 6.07) is 10.3. The molecule has 4 heteroatoms. The minimum absolute atomic E-state index is 0.140. The summed E-state index contributed by atoms with van der Waals surface area (Å²) in [5.41, 5.74) is 1.57. The number of rotatable bonds is 5. The summed E-state index contributed by atoms with van der Waals surface area (Å²) < 4.78 is 0. The van der Waals surface area contributed by atoms with Gasteiger partial charge in [-0.05, 0) is 55.4 Å². The molecule has 1 aliphatic rings. The van der Waals surface area contributed by atoms with Crippen LogP contribution in [0.1, 0.15) is 58.4 Å². The molecule has 0 heterocycles. The van der Waals surface area contributed by atoms with Crippen molar-refractivity contribution in [3.05, 3.63) is 35.9 Å². The van der Waals surface area contributed by atoms with Crippen LogP contribution < -0.4 is 10.6 Å². The molecule has 1 fully saturated rings. The van der Waals surface area contributed by atoms with Crippen molar-refractivity contribution in [3.8, 4) is 0 Å². The van der Waals surface area contributed by atoms with Gasteiger partial charge in [0.15, 0.2) is 0 Å². The van der Waals surface area contributed by atoms with Gasteiger partial charge in [-0.1, -0.05) is 51.1 Å². The van der Waals surface area contributed by atoms with Crippen molar-refractivity contribution in [2.45, 2.75) is 65.3 Å². The highest BCUT2D eigenvalue weighted by atomic mass is 16.2. The lowest BCUT2D eigenvalue weighted by atomic mass is 9.71. The van der Waals surface area contributed by atoms with Crippen molar-refractivity contribution in [3.63, 3.8) is 0 Å². The molecule has 0 aliphatic heterocycles. The third-order valence-corrected chi connectivity index (χ3v) is 5.26. The zero-order valence-corrected chi connectivity index (χ0v) is 15.8. The van der Waals surface area contributed by atoms with Gasteiger partial charge in [0, 0.05) is 12.6 Å². The first kappa shape index (κ1) is 19.5. The van der Waals surface area contributed by atoms with Gasteiger partial charge in [0.2, 0.25) is 0 Å². The molecule has 0 bridgehead atoms. The number of hydrogen-bond donors (Lipinski definition) is 2. The lowest BCUT2D eigenvalue weighted by molar-refractivity contribution is -0.139. The van der Waals surface area contributed by atoms with Crippen LogP contribution in [-0.4, -0.2) is 24.4 Å². The van der Waals surface area contributed by atoms with Crippen molar-refractivity contribution in [1.82, 2.24) is 10.6 Å². The predicted molar refractivity (Wildman–Crippen MR) is 101 cm³/mol. The number of aryl methyl sites for hydroxylation is 1. The lowest BCUT2D eigenvalue weighted by Crippen LogP contribution is -2.46. The van der Waals surface area contributed by atoms with E-state index in [1.807, 2.05) is 18.2 Å². The van der Waals surface area contributed by atoms with Gasteiger partial charge in [-0.25, -0.2) is 0 Å². The second-order valence-corrected chi connectivity index (χ2v) is 8.23. The molecule has 0 atom stereocenters. The van der Waals surface area contributed by atoms with E-state index in [4.69, 9.17) is 0 Å². The van der Waals surface area contributed by atoms with Crippen molar-refractivity contribution in [1.29, 1.82) is 0 Å². The van der Waals surface area contributed by atoms with Crippen LogP contribution in [0.15, 0.2) is 30.3 Å². The van der Waals surface area contributed by atoms with Crippen molar-refractivity contribution in [2.75, 3.05) is 6.54 Å². The number of benzene rings is 1. The Morgan fingerprint density at radius 3 is 2.24 bits per heavy atom. The van der Waals surface area contributed by atoms with Gasteiger partial charge in [0.05, 0.1) is 0 Å². The summed E-state index contributed by atoms with van der Waals surface area (Å²) in [6.45, 7) is 7.36. The second kappa shape index (κ2) is 9.02. The van der Waals surface area contributed by atoms with E-state index in [1.165, 1.54) is 5.56 Å². The standard InChI is InChI=1S/C21H32N2O2/c1-21(2,3)17-11-13-18(14-12-17)23-20(25)19(24)22-15-7-10-16-8-5-4-6-9-16/h4-6,8-9,17-18H,7,10-15H2,1-3H3,(H,22,24)(H,23,25). The van der Waals surface area contributed by atoms with Crippen LogP contribution in [0.4, 0.5) is 0 Å². The summed E-state index contributed by atoms with van der Waals surface area (Å²) in [5, 5.41) is 5.62. The Morgan fingerprint density at radius 1 is 1.00 bits per heavy atom. The van der Waals surface area contributed by atoms with E-state index in [1.54, 1.807) is 0 Å². The highest BCUT2D eigenvalue weighted by molar-refractivity contribution is 6.35. The van der Waals surface area contributed by atoms with Crippen molar-refractivity contribution < 1.29 is 9.59 Å². The number of hydrogen-bond acceptors (Lipinski definition) is 2. The van der Waals surface area contributed by atoms with Crippen LogP contribution in [0.5, 0.6) is 0 Å². The smallest absolute Gasteiger partial charge is 0.309 e. The number of amides is 2. The van der Waals surface area contributed by atoms with Gasteiger partial charge in [0.25, 0.3) is 0 Å². The molecule has 1 saturated carbocycles. The van der Waals surface area contributed by atoms with Gasteiger partial charge in [0.1, 0.15) is 0 Å². The molecule has 138 valence electrons.